The second-order valence-corrected chi connectivity index (χ2v) is 2.19. The molecule has 0 aliphatic rings. The maximum Gasteiger partial charge on any atom is 0.151 e. The summed E-state index contributed by atoms with van der Waals surface area (Å²) in [6.07, 6.45) is 0. The van der Waals surface area contributed by atoms with E-state index in [1.807, 2.05) is 0 Å². The molecular weight excluding hydrogens is 159 g/mol. The maximum absolute atomic E-state index is 12.9. The number of benzene rings is 1. The minimum Gasteiger partial charge on any atom is -0.494 e. The number of nitrogens with two attached hydrogens (primary N) is 1. The van der Waals surface area contributed by atoms with Crippen LogP contribution < -0.4 is 10.5 Å². The quantitative estimate of drug-likeness (QED) is 0.639. The van der Waals surface area contributed by atoms with Crippen LogP contribution in [0.15, 0.2) is 12.1 Å². The van der Waals surface area contributed by atoms with Crippen LogP contribution in [0.2, 0.25) is 0 Å². The number of ether oxygens (including phenoxy) is 1. The SMILES string of the molecule is COc1cc(C#N)cc(F)c1N. The number of hydrogen-bond acceptors (Lipinski definition) is 3. The van der Waals surface area contributed by atoms with Gasteiger partial charge in [0.1, 0.15) is 11.4 Å². The molecule has 12 heavy (non-hydrogen) atoms. The van der Waals surface area contributed by atoms with Gasteiger partial charge >= 0.3 is 0 Å². The highest BCUT2D eigenvalue weighted by atomic mass is 19.1. The molecule has 0 heterocycles. The molecule has 0 fully saturated rings. The van der Waals surface area contributed by atoms with E-state index in [2.05, 4.69) is 0 Å². The molecule has 4 heteroatoms. The van der Waals surface area contributed by atoms with E-state index in [9.17, 15) is 4.39 Å². The molecule has 0 atom stereocenters. The Bertz CT molecular complexity index is 344. The van der Waals surface area contributed by atoms with E-state index in [-0.39, 0.29) is 17.0 Å². The first-order chi connectivity index (χ1) is 5.69. The van der Waals surface area contributed by atoms with Gasteiger partial charge in [-0.15, -0.1) is 0 Å². The van der Waals surface area contributed by atoms with Gasteiger partial charge in [0.25, 0.3) is 0 Å². The molecule has 0 aliphatic carbocycles. The second kappa shape index (κ2) is 3.09. The summed E-state index contributed by atoms with van der Waals surface area (Å²) in [6, 6.07) is 4.25. The molecule has 3 nitrogen and oxygen atoms in total. The van der Waals surface area contributed by atoms with Crippen LogP contribution in [0, 0.1) is 17.1 Å². The molecule has 0 spiro atoms. The Labute approximate surface area is 69.2 Å². The molecule has 0 bridgehead atoms. The topological polar surface area (TPSA) is 59.0 Å². The summed E-state index contributed by atoms with van der Waals surface area (Å²) in [5.74, 6) is -0.447. The number of hydrogen-bond donors (Lipinski definition) is 1. The molecule has 0 amide bonds. The van der Waals surface area contributed by atoms with Crippen LogP contribution in [0.4, 0.5) is 10.1 Å². The lowest BCUT2D eigenvalue weighted by Crippen LogP contribution is -1.96. The number of methoxy groups -OCH3 is 1. The third kappa shape index (κ3) is 1.30. The minimum atomic E-state index is -0.633. The Kier molecular flexibility index (Phi) is 2.15. The molecule has 0 saturated heterocycles. The van der Waals surface area contributed by atoms with Crippen molar-refractivity contribution in [3.8, 4) is 11.8 Å². The van der Waals surface area contributed by atoms with Crippen molar-refractivity contribution in [1.82, 2.24) is 0 Å². The Morgan fingerprint density at radius 1 is 1.58 bits per heavy atom. The van der Waals surface area contributed by atoms with Gasteiger partial charge in [-0.05, 0) is 6.07 Å². The monoisotopic (exact) mass is 166 g/mol. The lowest BCUT2D eigenvalue weighted by Gasteiger charge is -2.04. The predicted octanol–water partition coefficient (Wildman–Crippen LogP) is 1.29. The fourth-order valence-corrected chi connectivity index (χ4v) is 0.826. The summed E-state index contributed by atoms with van der Waals surface area (Å²) in [7, 11) is 1.37. The number of nitrogens with zero attached hydrogens (tertiary/aromatic N) is 1. The predicted molar refractivity (Wildman–Crippen MR) is 42.1 cm³/mol. The van der Waals surface area contributed by atoms with Gasteiger partial charge in [-0.25, -0.2) is 4.39 Å². The lowest BCUT2D eigenvalue weighted by atomic mass is 10.2. The fraction of sp³-hybridized carbons (Fsp3) is 0.125. The van der Waals surface area contributed by atoms with E-state index in [4.69, 9.17) is 15.7 Å². The van der Waals surface area contributed by atoms with E-state index >= 15 is 0 Å². The summed E-state index contributed by atoms with van der Waals surface area (Å²) >= 11 is 0. The number of anilines is 1. The summed E-state index contributed by atoms with van der Waals surface area (Å²) in [5, 5.41) is 8.46. The van der Waals surface area contributed by atoms with Crippen LogP contribution in [-0.4, -0.2) is 7.11 Å². The third-order valence-electron chi connectivity index (χ3n) is 1.44. The van der Waals surface area contributed by atoms with E-state index in [1.165, 1.54) is 13.2 Å². The number of nitriles is 1. The highest BCUT2D eigenvalue weighted by Crippen LogP contribution is 2.25. The normalized spacial score (nSPS) is 9.08. The zero-order valence-electron chi connectivity index (χ0n) is 6.47. The average molecular weight is 166 g/mol. The molecule has 1 rings (SSSR count). The van der Waals surface area contributed by atoms with Crippen LogP contribution >= 0.6 is 0 Å². The molecule has 2 N–H and O–H groups in total. The number of nitrogen functional groups attached to an aromatic ring is 1. The molecule has 0 saturated carbocycles. The van der Waals surface area contributed by atoms with Crippen LogP contribution in [0.25, 0.3) is 0 Å². The fourth-order valence-electron chi connectivity index (χ4n) is 0.826. The molecule has 1 aromatic rings. The van der Waals surface area contributed by atoms with Crippen molar-refractivity contribution in [2.75, 3.05) is 12.8 Å². The van der Waals surface area contributed by atoms with Crippen molar-refractivity contribution < 1.29 is 9.13 Å². The first-order valence-corrected chi connectivity index (χ1v) is 3.22. The smallest absolute Gasteiger partial charge is 0.151 e. The second-order valence-electron chi connectivity index (χ2n) is 2.19. The van der Waals surface area contributed by atoms with E-state index in [1.54, 1.807) is 6.07 Å². The summed E-state index contributed by atoms with van der Waals surface area (Å²) in [4.78, 5) is 0. The Morgan fingerprint density at radius 3 is 2.75 bits per heavy atom. The zero-order chi connectivity index (χ0) is 9.14. The van der Waals surface area contributed by atoms with Gasteiger partial charge in [0.05, 0.1) is 18.7 Å². The highest BCUT2D eigenvalue weighted by Gasteiger charge is 2.07. The molecule has 62 valence electrons. The molecule has 0 unspecified atom stereocenters. The number of rotatable bonds is 1. The van der Waals surface area contributed by atoms with E-state index in [0.29, 0.717) is 0 Å². The molecule has 0 radical (unpaired) electrons. The Balaban J connectivity index is 3.31. The van der Waals surface area contributed by atoms with Crippen LogP contribution in [0.5, 0.6) is 5.75 Å². The molecule has 0 aliphatic heterocycles. The molecular formula is C8H7FN2O. The van der Waals surface area contributed by atoms with E-state index in [0.717, 1.165) is 6.07 Å². The van der Waals surface area contributed by atoms with Gasteiger partial charge in [0.15, 0.2) is 5.82 Å². The first-order valence-electron chi connectivity index (χ1n) is 3.22. The molecule has 0 aromatic heterocycles. The zero-order valence-corrected chi connectivity index (χ0v) is 6.47. The molecule has 1 aromatic carbocycles. The van der Waals surface area contributed by atoms with Crippen molar-refractivity contribution in [3.05, 3.63) is 23.5 Å². The van der Waals surface area contributed by atoms with Crippen LogP contribution in [0.3, 0.4) is 0 Å². The summed E-state index contributed by atoms with van der Waals surface area (Å²) < 4.78 is 17.6. The Morgan fingerprint density at radius 2 is 2.25 bits per heavy atom. The average Bonchev–Trinajstić information content (AvgIpc) is 2.09. The number of halogens is 1. The lowest BCUT2D eigenvalue weighted by molar-refractivity contribution is 0.414. The van der Waals surface area contributed by atoms with Gasteiger partial charge in [-0.3, -0.25) is 0 Å². The van der Waals surface area contributed by atoms with Crippen molar-refractivity contribution in [3.63, 3.8) is 0 Å². The van der Waals surface area contributed by atoms with Gasteiger partial charge in [-0.1, -0.05) is 0 Å². The highest BCUT2D eigenvalue weighted by molar-refractivity contribution is 5.57. The van der Waals surface area contributed by atoms with Crippen molar-refractivity contribution in [2.45, 2.75) is 0 Å². The largest absolute Gasteiger partial charge is 0.494 e. The maximum atomic E-state index is 12.9. The van der Waals surface area contributed by atoms with Crippen LogP contribution in [0.1, 0.15) is 5.56 Å². The first kappa shape index (κ1) is 8.34. The van der Waals surface area contributed by atoms with Crippen molar-refractivity contribution in [2.24, 2.45) is 0 Å². The summed E-state index contributed by atoms with van der Waals surface area (Å²) in [5.41, 5.74) is 5.43. The van der Waals surface area contributed by atoms with Gasteiger partial charge in [0, 0.05) is 6.07 Å². The van der Waals surface area contributed by atoms with Crippen LogP contribution in [-0.2, 0) is 0 Å². The van der Waals surface area contributed by atoms with Crippen molar-refractivity contribution in [1.29, 1.82) is 5.26 Å². The Hall–Kier alpha value is -1.76. The van der Waals surface area contributed by atoms with Gasteiger partial charge in [0.2, 0.25) is 0 Å². The van der Waals surface area contributed by atoms with E-state index < -0.39 is 5.82 Å². The third-order valence-corrected chi connectivity index (χ3v) is 1.44. The van der Waals surface area contributed by atoms with Gasteiger partial charge in [-0.2, -0.15) is 5.26 Å². The van der Waals surface area contributed by atoms with Gasteiger partial charge < -0.3 is 10.5 Å². The summed E-state index contributed by atoms with van der Waals surface area (Å²) in [6.45, 7) is 0. The van der Waals surface area contributed by atoms with Crippen molar-refractivity contribution >= 4 is 5.69 Å². The standard InChI is InChI=1S/C8H7FN2O/c1-12-7-3-5(4-10)2-6(9)8(7)11/h2-3H,11H2,1H3. The minimum absolute atomic E-state index is 0.0727.